The van der Waals surface area contributed by atoms with Crippen molar-refractivity contribution < 1.29 is 12.8 Å². The molecule has 0 unspecified atom stereocenters. The smallest absolute Gasteiger partial charge is 0.291 e. The van der Waals surface area contributed by atoms with Crippen LogP contribution in [0.25, 0.3) is 11.4 Å². The molecule has 0 saturated carbocycles. The third-order valence-corrected chi connectivity index (χ3v) is 4.08. The van der Waals surface area contributed by atoms with Crippen LogP contribution in [0.5, 0.6) is 0 Å². The van der Waals surface area contributed by atoms with E-state index in [0.29, 0.717) is 5.56 Å². The zero-order valence-electron chi connectivity index (χ0n) is 12.1. The highest BCUT2D eigenvalue weighted by molar-refractivity contribution is 8.13. The molecule has 0 aliphatic heterocycles. The van der Waals surface area contributed by atoms with Crippen LogP contribution in [-0.4, -0.2) is 23.2 Å². The third-order valence-electron chi connectivity index (χ3n) is 2.96. The van der Waals surface area contributed by atoms with Crippen molar-refractivity contribution in [3.05, 3.63) is 29.6 Å². The van der Waals surface area contributed by atoms with Gasteiger partial charge in [-0.15, -0.1) is 10.2 Å². The number of hydrogen-bond donors (Lipinski definition) is 0. The second-order valence-corrected chi connectivity index (χ2v) is 8.17. The summed E-state index contributed by atoms with van der Waals surface area (Å²) in [4.78, 5) is 0. The molecule has 0 spiro atoms. The van der Waals surface area contributed by atoms with Crippen molar-refractivity contribution in [2.75, 3.05) is 0 Å². The van der Waals surface area contributed by atoms with Crippen molar-refractivity contribution in [2.24, 2.45) is 0 Å². The Hall–Kier alpha value is -1.47. The highest BCUT2D eigenvalue weighted by Crippen LogP contribution is 2.31. The molecular formula is C13H15ClFN3O2S. The lowest BCUT2D eigenvalue weighted by atomic mass is 10.0. The Morgan fingerprint density at radius 2 is 1.86 bits per heavy atom. The van der Waals surface area contributed by atoms with Gasteiger partial charge in [0.05, 0.1) is 0 Å². The zero-order valence-corrected chi connectivity index (χ0v) is 13.6. The van der Waals surface area contributed by atoms with Gasteiger partial charge in [-0.3, -0.25) is 4.57 Å². The molecule has 21 heavy (non-hydrogen) atoms. The predicted octanol–water partition coefficient (Wildman–Crippen LogP) is 3.08. The molecular weight excluding hydrogens is 317 g/mol. The Labute approximate surface area is 127 Å². The fourth-order valence-electron chi connectivity index (χ4n) is 2.04. The molecule has 5 nitrogen and oxygen atoms in total. The minimum atomic E-state index is -4.06. The minimum Gasteiger partial charge on any atom is -0.291 e. The first kappa shape index (κ1) is 15.9. The molecule has 0 atom stereocenters. The van der Waals surface area contributed by atoms with Crippen molar-refractivity contribution in [3.8, 4) is 11.4 Å². The van der Waals surface area contributed by atoms with Gasteiger partial charge in [0, 0.05) is 21.8 Å². The molecule has 8 heteroatoms. The summed E-state index contributed by atoms with van der Waals surface area (Å²) in [5, 5.41) is 7.22. The van der Waals surface area contributed by atoms with Crippen LogP contribution in [0.4, 0.5) is 4.39 Å². The quantitative estimate of drug-likeness (QED) is 0.793. The van der Waals surface area contributed by atoms with Crippen LogP contribution in [0.15, 0.2) is 23.4 Å². The first-order valence-corrected chi connectivity index (χ1v) is 8.50. The van der Waals surface area contributed by atoms with Crippen LogP contribution in [0.1, 0.15) is 26.3 Å². The molecule has 0 fully saturated rings. The molecule has 1 aromatic heterocycles. The van der Waals surface area contributed by atoms with Gasteiger partial charge in [-0.05, 0) is 45.4 Å². The van der Waals surface area contributed by atoms with E-state index >= 15 is 0 Å². The summed E-state index contributed by atoms with van der Waals surface area (Å²) in [7, 11) is 1.36. The largest absolute Gasteiger partial charge is 0.296 e. The van der Waals surface area contributed by atoms with Gasteiger partial charge >= 0.3 is 0 Å². The maximum atomic E-state index is 13.5. The van der Waals surface area contributed by atoms with Crippen LogP contribution in [0.2, 0.25) is 0 Å². The van der Waals surface area contributed by atoms with E-state index in [1.54, 1.807) is 33.8 Å². The van der Waals surface area contributed by atoms with Gasteiger partial charge in [0.25, 0.3) is 14.2 Å². The van der Waals surface area contributed by atoms with E-state index in [4.69, 9.17) is 10.7 Å². The van der Waals surface area contributed by atoms with E-state index in [1.165, 1.54) is 16.7 Å². The molecule has 0 bridgehead atoms. The topological polar surface area (TPSA) is 64.8 Å². The number of benzene rings is 1. The zero-order chi connectivity index (χ0) is 16.0. The van der Waals surface area contributed by atoms with Gasteiger partial charge in [0.1, 0.15) is 5.82 Å². The van der Waals surface area contributed by atoms with Crippen molar-refractivity contribution in [2.45, 2.75) is 38.4 Å². The van der Waals surface area contributed by atoms with E-state index in [0.717, 1.165) is 5.56 Å². The Morgan fingerprint density at radius 1 is 1.24 bits per heavy atom. The summed E-state index contributed by atoms with van der Waals surface area (Å²) in [5.41, 5.74) is 0.589. The monoisotopic (exact) mass is 331 g/mol. The lowest BCUT2D eigenvalue weighted by Crippen LogP contribution is -2.26. The molecule has 0 aliphatic carbocycles. The second-order valence-electron chi connectivity index (χ2n) is 5.71. The molecule has 2 rings (SSSR count). The summed E-state index contributed by atoms with van der Waals surface area (Å²) >= 11 is 0. The molecule has 0 amide bonds. The number of hydrogen-bond acceptors (Lipinski definition) is 4. The van der Waals surface area contributed by atoms with Crippen molar-refractivity contribution in [1.29, 1.82) is 0 Å². The van der Waals surface area contributed by atoms with E-state index < -0.39 is 20.4 Å². The van der Waals surface area contributed by atoms with Crippen LogP contribution in [0, 0.1) is 12.7 Å². The first-order chi connectivity index (χ1) is 9.51. The Balaban J connectivity index is 2.83. The highest BCUT2D eigenvalue weighted by Gasteiger charge is 2.30. The maximum absolute atomic E-state index is 13.5. The van der Waals surface area contributed by atoms with Crippen molar-refractivity contribution in [1.82, 2.24) is 14.8 Å². The molecule has 1 heterocycles. The number of aromatic nitrogens is 3. The molecule has 2 aromatic rings. The lowest BCUT2D eigenvalue weighted by molar-refractivity contribution is 0.367. The van der Waals surface area contributed by atoms with Crippen molar-refractivity contribution in [3.63, 3.8) is 0 Å². The van der Waals surface area contributed by atoms with Gasteiger partial charge in [-0.2, -0.15) is 0 Å². The summed E-state index contributed by atoms with van der Waals surface area (Å²) in [5.74, 6) is -0.173. The van der Waals surface area contributed by atoms with Gasteiger partial charge in [-0.25, -0.2) is 12.8 Å². The van der Waals surface area contributed by atoms with Crippen LogP contribution >= 0.6 is 10.7 Å². The number of aryl methyl sites for hydroxylation is 1. The maximum Gasteiger partial charge on any atom is 0.296 e. The van der Waals surface area contributed by atoms with Gasteiger partial charge in [0.15, 0.2) is 5.82 Å². The molecule has 0 N–H and O–H groups in total. The molecule has 114 valence electrons. The van der Waals surface area contributed by atoms with Crippen LogP contribution in [0.3, 0.4) is 0 Å². The fraction of sp³-hybridized carbons (Fsp3) is 0.385. The molecule has 0 radical (unpaired) electrons. The summed E-state index contributed by atoms with van der Waals surface area (Å²) < 4.78 is 38.2. The van der Waals surface area contributed by atoms with Crippen LogP contribution < -0.4 is 0 Å². The van der Waals surface area contributed by atoms with Gasteiger partial charge < -0.3 is 0 Å². The molecule has 0 saturated heterocycles. The number of halogens is 2. The lowest BCUT2D eigenvalue weighted by Gasteiger charge is -2.24. The first-order valence-electron chi connectivity index (χ1n) is 6.19. The summed E-state index contributed by atoms with van der Waals surface area (Å²) in [6.07, 6.45) is 0. The van der Waals surface area contributed by atoms with Gasteiger partial charge in [0.2, 0.25) is 0 Å². The number of nitrogens with zero attached hydrogens (tertiary/aromatic N) is 3. The normalized spacial score (nSPS) is 12.7. The van der Waals surface area contributed by atoms with E-state index in [9.17, 15) is 12.8 Å². The molecule has 1 aromatic carbocycles. The van der Waals surface area contributed by atoms with Crippen molar-refractivity contribution >= 4 is 19.7 Å². The van der Waals surface area contributed by atoms with E-state index in [-0.39, 0.29) is 11.0 Å². The van der Waals surface area contributed by atoms with Crippen LogP contribution in [-0.2, 0) is 14.6 Å². The Kier molecular flexibility index (Phi) is 3.84. The average Bonchev–Trinajstić information content (AvgIpc) is 2.76. The highest BCUT2D eigenvalue weighted by atomic mass is 35.7. The Morgan fingerprint density at radius 3 is 2.38 bits per heavy atom. The molecule has 0 aliphatic rings. The minimum absolute atomic E-state index is 0.263. The average molecular weight is 332 g/mol. The van der Waals surface area contributed by atoms with E-state index in [2.05, 4.69) is 10.2 Å². The third kappa shape index (κ3) is 3.08. The summed E-state index contributed by atoms with van der Waals surface area (Å²) in [6.45, 7) is 7.16. The standard InChI is InChI=1S/C13H15ClFN3O2S/c1-8-5-6-9(15)7-10(8)11-16-17-12(21(14,19)20)18(11)13(2,3)4/h5-7H,1-4H3. The SMILES string of the molecule is Cc1ccc(F)cc1-c1nnc(S(=O)(=O)Cl)n1C(C)(C)C. The Bertz CT molecular complexity index is 794. The van der Waals surface area contributed by atoms with Gasteiger partial charge in [-0.1, -0.05) is 6.07 Å². The van der Waals surface area contributed by atoms with E-state index in [1.807, 2.05) is 0 Å². The fourth-order valence-corrected chi connectivity index (χ4v) is 3.06. The number of rotatable bonds is 2. The predicted molar refractivity (Wildman–Crippen MR) is 78.2 cm³/mol. The second kappa shape index (κ2) is 5.06. The summed E-state index contributed by atoms with van der Waals surface area (Å²) in [6, 6.07) is 4.23.